The monoisotopic (exact) mass is 1560 g/mol. The molecule has 0 aromatic carbocycles. The van der Waals surface area contributed by atoms with Gasteiger partial charge in [-0.15, -0.1) is 0 Å². The fourth-order valence-electron chi connectivity index (χ4n) is 7.90. The van der Waals surface area contributed by atoms with Crippen molar-refractivity contribution in [2.45, 2.75) is 87.6 Å². The number of carbonyl (C=O) groups is 2. The van der Waals surface area contributed by atoms with Crippen LogP contribution in [0.1, 0.15) is 49.3 Å². The molecule has 2 aliphatic rings. The first-order valence-corrected chi connectivity index (χ1v) is 38.8. The van der Waals surface area contributed by atoms with Crippen LogP contribution in [0.25, 0.3) is 20.9 Å². The molecule has 2 unspecified atom stereocenters. The van der Waals surface area contributed by atoms with Crippen molar-refractivity contribution in [1.29, 1.82) is 0 Å². The number of anilines is 2. The molecule has 0 bridgehead atoms. The quantitative estimate of drug-likeness (QED) is 0.0144. The van der Waals surface area contributed by atoms with Gasteiger partial charge in [0.25, 0.3) is 0 Å². The zero-order chi connectivity index (χ0) is 72.5. The molecule has 51 heteroatoms. The van der Waals surface area contributed by atoms with Gasteiger partial charge in [0.05, 0.1) is 119 Å². The van der Waals surface area contributed by atoms with Gasteiger partial charge in [0.15, 0.2) is 12.5 Å². The highest BCUT2D eigenvalue weighted by Crippen LogP contribution is 2.74. The summed E-state index contributed by atoms with van der Waals surface area (Å²) in [6, 6.07) is 0. The second kappa shape index (κ2) is 48.9. The number of phosphoric ester groups is 2. The van der Waals surface area contributed by atoms with Gasteiger partial charge in [-0.1, -0.05) is 10.2 Å². The Hall–Kier alpha value is -3.84. The Balaban J connectivity index is 0.000000591. The molecule has 0 radical (unpaired) electrons. The summed E-state index contributed by atoms with van der Waals surface area (Å²) in [5.41, 5.74) is 27.1. The number of rotatable bonds is 48. The number of nitrogen functional groups attached to an aromatic ring is 2. The Bertz CT molecular complexity index is 3060. The minimum Gasteiger partial charge on any atom is -0.394 e. The number of amides is 2. The fourth-order valence-corrected chi connectivity index (χ4v) is 14.0. The van der Waals surface area contributed by atoms with Crippen molar-refractivity contribution >= 4 is 96.2 Å². The molecule has 0 aliphatic carbocycles. The average molecular weight is 1560 g/mol. The van der Waals surface area contributed by atoms with Crippen LogP contribution in [-0.4, -0.2) is 253 Å². The van der Waals surface area contributed by atoms with Crippen molar-refractivity contribution in [2.75, 3.05) is 157 Å². The lowest BCUT2D eigenvalue weighted by Crippen LogP contribution is -2.38. The summed E-state index contributed by atoms with van der Waals surface area (Å²) in [7, 11) is -10.3. The van der Waals surface area contributed by atoms with Gasteiger partial charge in [0.1, 0.15) is 48.3 Å². The third-order valence-corrected chi connectivity index (χ3v) is 17.0. The van der Waals surface area contributed by atoms with E-state index in [0.717, 1.165) is 9.13 Å². The second-order valence-corrected chi connectivity index (χ2v) is 30.6. The number of azide groups is 2. The fraction of sp³-hybridized carbons (Fsp3) is 0.783. The van der Waals surface area contributed by atoms with Gasteiger partial charge >= 0.3 is 39.2 Å². The number of hydrogen-bond donors (Lipinski definition) is 12. The van der Waals surface area contributed by atoms with Crippen LogP contribution in [0.5, 0.6) is 0 Å². The standard InChI is InChI=1S/C23H41N7O16P2.C23H39N7O10.Cl4O3P2/c24-21-16(2-1-4-26-18(31)3-6-40-8-10-42-12-13-43-11-9-41-7-5-27-29-25)14-30(23(33)28-21)22-19(32)20(46-48(37,38)39)17(45-22)15-44-47(34,35)36;24-21-16(14-30(23(35)28-21)22-20(34)19(33)17(15-31)40-22)2-1-4-26-18(32)3-6-36-8-10-38-12-13-39-11-9-37-7-5-27-29-25;1-8(2,5)7-9(3,4)6/h14,17,19-20,22,32H,1-13,15H2,(H,26,31)(H2,24,28,33)(H2,34,35,36)(H2,37,38,39);14,17,19-20,22,31,33-34H,1-13,15H2,(H,26,32)(H2,24,28,35);/t17-,19?,20+,22-;17-,19+,20?,22-;/m11./s1. The highest BCUT2D eigenvalue weighted by molar-refractivity contribution is 8.15. The number of nitrogens with one attached hydrogen (secondary N) is 2. The van der Waals surface area contributed by atoms with Gasteiger partial charge in [-0.25, -0.2) is 23.0 Å². The maximum atomic E-state index is 12.6. The SMILES string of the molecule is O=P(Cl)(Cl)OP(=O)(Cl)Cl.[N-]=[N+]=NCCOCCOCCOCCOCCC(=O)NCCCc1cn([C@@H]2O[C@H](CO)[C@H](O)C2O)c(=O)nc1N.[N-]=[N+]=NCCOCCOCCOCCOCCC(=O)NCCCc1cn([C@@H]2O[C@H](COP(=O)(O)O)[C@H](OP(=O)(O)O)C2O)c(=O)nc1N. The molecule has 4 rings (SSSR count). The van der Waals surface area contributed by atoms with E-state index in [1.165, 1.54) is 12.4 Å². The van der Waals surface area contributed by atoms with E-state index in [4.69, 9.17) is 125 Å². The van der Waals surface area contributed by atoms with E-state index < -0.39 is 101 Å². The largest absolute Gasteiger partial charge is 0.470 e. The van der Waals surface area contributed by atoms with Crippen molar-refractivity contribution in [3.63, 3.8) is 0 Å². The van der Waals surface area contributed by atoms with E-state index in [2.05, 4.69) is 54.0 Å². The van der Waals surface area contributed by atoms with Gasteiger partial charge in [-0.05, 0) is 81.7 Å². The zero-order valence-electron chi connectivity index (χ0n) is 51.7. The summed E-state index contributed by atoms with van der Waals surface area (Å²) in [5.74, 6) is -0.577. The highest BCUT2D eigenvalue weighted by atomic mass is 35.9. The zero-order valence-corrected chi connectivity index (χ0v) is 58.3. The minimum atomic E-state index is -5.23. The van der Waals surface area contributed by atoms with Gasteiger partial charge in [-0.2, -0.15) is 9.97 Å². The molecule has 2 saturated heterocycles. The molecule has 4 heterocycles. The van der Waals surface area contributed by atoms with E-state index >= 15 is 0 Å². The van der Waals surface area contributed by atoms with Crippen LogP contribution in [0, 0.1) is 0 Å². The Morgan fingerprint density at radius 3 is 1.27 bits per heavy atom. The Morgan fingerprint density at radius 1 is 0.577 bits per heavy atom. The van der Waals surface area contributed by atoms with Crippen molar-refractivity contribution in [1.82, 2.24) is 29.7 Å². The maximum absolute atomic E-state index is 12.6. The van der Waals surface area contributed by atoms with Crippen molar-refractivity contribution in [3.05, 3.63) is 65.4 Å². The number of ether oxygens (including phenoxy) is 10. The van der Waals surface area contributed by atoms with Crippen LogP contribution in [0.3, 0.4) is 0 Å². The van der Waals surface area contributed by atoms with E-state index in [0.29, 0.717) is 129 Å². The average Bonchev–Trinajstić information content (AvgIpc) is 1.68. The molecule has 0 spiro atoms. The minimum absolute atomic E-state index is 0.0226. The predicted octanol–water partition coefficient (Wildman–Crippen LogP) is 0.914. The number of nitrogens with two attached hydrogens (primary N) is 2. The first kappa shape index (κ1) is 89.2. The lowest BCUT2D eigenvalue weighted by atomic mass is 10.1. The smallest absolute Gasteiger partial charge is 0.394 e. The molecule has 2 aliphatic heterocycles. The third-order valence-electron chi connectivity index (χ3n) is 12.2. The van der Waals surface area contributed by atoms with Crippen molar-refractivity contribution in [3.8, 4) is 0 Å². The molecule has 2 aromatic rings. The highest BCUT2D eigenvalue weighted by Gasteiger charge is 2.50. The summed E-state index contributed by atoms with van der Waals surface area (Å²) in [6.07, 6.45) is -15.4. The Labute approximate surface area is 571 Å². The van der Waals surface area contributed by atoms with E-state index in [1.54, 1.807) is 0 Å². The molecule has 0 saturated carbocycles. The molecular weight excluding hydrogens is 1480 g/mol. The van der Waals surface area contributed by atoms with E-state index in [1.807, 2.05) is 0 Å². The van der Waals surface area contributed by atoms with Crippen LogP contribution in [0.15, 0.2) is 32.2 Å². The van der Waals surface area contributed by atoms with Crippen LogP contribution in [0.4, 0.5) is 11.6 Å². The lowest BCUT2D eigenvalue weighted by Gasteiger charge is -2.21. The summed E-state index contributed by atoms with van der Waals surface area (Å²) >= 11 is 19.1. The lowest BCUT2D eigenvalue weighted by molar-refractivity contribution is -0.123. The van der Waals surface area contributed by atoms with E-state index in [9.17, 15) is 67.7 Å². The second-order valence-electron chi connectivity index (χ2n) is 19.4. The predicted molar refractivity (Wildman–Crippen MR) is 340 cm³/mol. The number of aryl methyl sites for hydroxylation is 2. The summed E-state index contributed by atoms with van der Waals surface area (Å²) < 4.78 is 111. The van der Waals surface area contributed by atoms with Gasteiger partial charge in [0, 0.05) is 72.4 Å². The number of aromatic nitrogens is 4. The number of hydrogen-bond acceptors (Lipinski definition) is 31. The Morgan fingerprint density at radius 2 is 0.938 bits per heavy atom. The molecule has 8 atom stereocenters. The number of aliphatic hydroxyl groups is 4. The number of halogens is 4. The number of nitrogens with zero attached hydrogens (tertiary/aromatic N) is 10. The van der Waals surface area contributed by atoms with Crippen LogP contribution >= 0.6 is 72.8 Å². The van der Waals surface area contributed by atoms with E-state index in [-0.39, 0.29) is 75.6 Å². The molecule has 2 amide bonds. The number of aliphatic hydroxyl groups excluding tert-OH is 4. The number of phosphoric acid groups is 2. The first-order chi connectivity index (χ1) is 45.8. The molecular formula is C46H80Cl4N14O29P4. The maximum Gasteiger partial charge on any atom is 0.470 e. The summed E-state index contributed by atoms with van der Waals surface area (Å²) in [5, 5.41) is 52.2. The summed E-state index contributed by atoms with van der Waals surface area (Å²) in [6.45, 7) is 5.17. The van der Waals surface area contributed by atoms with Crippen molar-refractivity contribution in [2.24, 2.45) is 10.2 Å². The normalized spacial score (nSPS) is 19.4. The van der Waals surface area contributed by atoms with Crippen LogP contribution in [-0.2, 0) is 101 Å². The molecule has 97 heavy (non-hydrogen) atoms. The van der Waals surface area contributed by atoms with Gasteiger partial charge < -0.3 is 109 Å². The Kier molecular flexibility index (Phi) is 45.0. The molecule has 14 N–H and O–H groups in total. The first-order valence-electron chi connectivity index (χ1n) is 28.8. The number of carbonyl (C=O) groups excluding carboxylic acids is 2. The van der Waals surface area contributed by atoms with Crippen LogP contribution in [0.2, 0.25) is 0 Å². The van der Waals surface area contributed by atoms with Gasteiger partial charge in [-0.3, -0.25) is 36.9 Å². The molecule has 2 aromatic heterocycles. The molecule has 556 valence electrons. The molecule has 43 nitrogen and oxygen atoms in total. The van der Waals surface area contributed by atoms with Gasteiger partial charge in [0.2, 0.25) is 11.8 Å². The third kappa shape index (κ3) is 41.0. The van der Waals surface area contributed by atoms with Crippen molar-refractivity contribution < 1.29 is 129 Å². The molecule has 2 fully saturated rings. The topological polar surface area (TPSA) is 628 Å². The van der Waals surface area contributed by atoms with Crippen LogP contribution < -0.4 is 33.5 Å². The summed E-state index contributed by atoms with van der Waals surface area (Å²) in [4.78, 5) is 98.0.